The largest absolute Gasteiger partial charge is 0.336 e. The molecule has 1 saturated heterocycles. The number of nitrogens with one attached hydrogen (secondary N) is 2. The number of carbonyl (C=O) groups excluding carboxylic acids is 2. The molecule has 0 unspecified atom stereocenters. The van der Waals surface area contributed by atoms with Crippen molar-refractivity contribution < 1.29 is 9.59 Å². The number of hydrogen-bond donors (Lipinski definition) is 2. The van der Waals surface area contributed by atoms with E-state index in [0.29, 0.717) is 24.3 Å². The van der Waals surface area contributed by atoms with Crippen molar-refractivity contribution in [2.24, 2.45) is 0 Å². The number of carbonyl (C=O) groups is 2. The van der Waals surface area contributed by atoms with Gasteiger partial charge in [0.05, 0.1) is 11.3 Å². The molecule has 1 aliphatic heterocycles. The van der Waals surface area contributed by atoms with E-state index in [4.69, 9.17) is 12.2 Å². The fourth-order valence-electron chi connectivity index (χ4n) is 3.83. The molecule has 3 aromatic carbocycles. The van der Waals surface area contributed by atoms with E-state index in [1.165, 1.54) is 6.08 Å². The lowest BCUT2D eigenvalue weighted by atomic mass is 10.0. The number of piperazine rings is 1. The smallest absolute Gasteiger partial charge is 0.256 e. The predicted molar refractivity (Wildman–Crippen MR) is 137 cm³/mol. The van der Waals surface area contributed by atoms with Crippen LogP contribution in [0, 0.1) is 0 Å². The Labute approximate surface area is 198 Å². The first-order chi connectivity index (χ1) is 16.0. The van der Waals surface area contributed by atoms with Gasteiger partial charge in [-0.2, -0.15) is 0 Å². The van der Waals surface area contributed by atoms with Crippen molar-refractivity contribution in [1.82, 2.24) is 15.1 Å². The van der Waals surface area contributed by atoms with Gasteiger partial charge in [-0.15, -0.1) is 0 Å². The van der Waals surface area contributed by atoms with Gasteiger partial charge >= 0.3 is 0 Å². The van der Waals surface area contributed by atoms with E-state index in [0.717, 1.165) is 29.4 Å². The van der Waals surface area contributed by atoms with Gasteiger partial charge in [-0.25, -0.2) is 0 Å². The number of rotatable bonds is 4. The molecule has 1 fully saturated rings. The second kappa shape index (κ2) is 10.4. The van der Waals surface area contributed by atoms with Crippen molar-refractivity contribution in [2.75, 3.05) is 38.5 Å². The number of anilines is 1. The van der Waals surface area contributed by atoms with Crippen molar-refractivity contribution in [2.45, 2.75) is 0 Å². The summed E-state index contributed by atoms with van der Waals surface area (Å²) in [6.45, 7) is 3.06. The third-order valence-electron chi connectivity index (χ3n) is 5.67. The third kappa shape index (κ3) is 5.63. The quantitative estimate of drug-likeness (QED) is 0.461. The van der Waals surface area contributed by atoms with Crippen LogP contribution in [-0.2, 0) is 4.79 Å². The molecular formula is C26H26N4O2S. The van der Waals surface area contributed by atoms with Crippen LogP contribution in [0.25, 0.3) is 16.8 Å². The molecule has 0 aliphatic carbocycles. The molecule has 33 heavy (non-hydrogen) atoms. The van der Waals surface area contributed by atoms with Gasteiger partial charge in [0.2, 0.25) is 5.91 Å². The molecule has 6 nitrogen and oxygen atoms in total. The van der Waals surface area contributed by atoms with Gasteiger partial charge in [-0.1, -0.05) is 54.6 Å². The van der Waals surface area contributed by atoms with Gasteiger partial charge < -0.3 is 15.1 Å². The molecule has 1 aliphatic rings. The topological polar surface area (TPSA) is 64.7 Å². The fourth-order valence-corrected chi connectivity index (χ4v) is 4.04. The summed E-state index contributed by atoms with van der Waals surface area (Å²) in [4.78, 5) is 29.5. The molecule has 4 rings (SSSR count). The molecule has 3 aromatic rings. The first-order valence-corrected chi connectivity index (χ1v) is 11.3. The van der Waals surface area contributed by atoms with E-state index in [-0.39, 0.29) is 16.9 Å². The lowest BCUT2D eigenvalue weighted by molar-refractivity contribution is -0.115. The third-order valence-corrected chi connectivity index (χ3v) is 5.87. The molecular weight excluding hydrogens is 432 g/mol. The van der Waals surface area contributed by atoms with Crippen LogP contribution in [0.15, 0.2) is 72.8 Å². The first-order valence-electron chi connectivity index (χ1n) is 10.9. The summed E-state index contributed by atoms with van der Waals surface area (Å²) in [7, 11) is 2.05. The number of hydrogen-bond acceptors (Lipinski definition) is 4. The molecule has 0 atom stereocenters. The average Bonchev–Trinajstić information content (AvgIpc) is 2.83. The summed E-state index contributed by atoms with van der Waals surface area (Å²) in [6, 6.07) is 21.2. The van der Waals surface area contributed by atoms with Crippen LogP contribution in [0.3, 0.4) is 0 Å². The minimum Gasteiger partial charge on any atom is -0.336 e. The van der Waals surface area contributed by atoms with Crippen LogP contribution in [0.1, 0.15) is 15.9 Å². The standard InChI is InChI=1S/C26H26N4O2S/c1-29-15-17-30(18-16-29)25(32)22-11-4-5-12-23(22)27-26(33)28-24(31)14-13-20-9-6-8-19-7-2-3-10-21(19)20/h2-14H,15-18H2,1H3,(H2,27,28,31,33)/b14-13+. The number of para-hydroxylation sites is 1. The number of nitrogens with zero attached hydrogens (tertiary/aromatic N) is 2. The molecule has 0 saturated carbocycles. The fraction of sp³-hybridized carbons (Fsp3) is 0.192. The normalized spacial score (nSPS) is 14.4. The first kappa shape index (κ1) is 22.6. The zero-order chi connectivity index (χ0) is 23.2. The summed E-state index contributed by atoms with van der Waals surface area (Å²) in [5, 5.41) is 7.99. The molecule has 7 heteroatoms. The van der Waals surface area contributed by atoms with Crippen molar-refractivity contribution in [3.8, 4) is 0 Å². The van der Waals surface area contributed by atoms with E-state index in [1.54, 1.807) is 18.2 Å². The maximum absolute atomic E-state index is 13.0. The highest BCUT2D eigenvalue weighted by Crippen LogP contribution is 2.20. The molecule has 0 aromatic heterocycles. The minimum absolute atomic E-state index is 0.0452. The Bertz CT molecular complexity index is 1210. The van der Waals surface area contributed by atoms with Crippen LogP contribution >= 0.6 is 12.2 Å². The summed E-state index contributed by atoms with van der Waals surface area (Å²) < 4.78 is 0. The van der Waals surface area contributed by atoms with Crippen LogP contribution in [0.5, 0.6) is 0 Å². The molecule has 0 bridgehead atoms. The summed E-state index contributed by atoms with van der Waals surface area (Å²) >= 11 is 5.33. The van der Waals surface area contributed by atoms with Gasteiger partial charge in [0.1, 0.15) is 0 Å². The highest BCUT2D eigenvalue weighted by Gasteiger charge is 2.22. The SMILES string of the molecule is CN1CCN(C(=O)c2ccccc2NC(=S)NC(=O)/C=C/c2cccc3ccccc23)CC1. The molecule has 2 amide bonds. The number of amides is 2. The summed E-state index contributed by atoms with van der Waals surface area (Å²) in [5.41, 5.74) is 2.06. The van der Waals surface area contributed by atoms with E-state index in [1.807, 2.05) is 66.5 Å². The van der Waals surface area contributed by atoms with E-state index < -0.39 is 0 Å². The summed E-state index contributed by atoms with van der Waals surface area (Å²) in [6.07, 6.45) is 3.22. The van der Waals surface area contributed by atoms with Crippen LogP contribution in [0.2, 0.25) is 0 Å². The second-order valence-electron chi connectivity index (χ2n) is 7.99. The average molecular weight is 459 g/mol. The van der Waals surface area contributed by atoms with Gasteiger partial charge in [0.25, 0.3) is 5.91 Å². The monoisotopic (exact) mass is 458 g/mol. The van der Waals surface area contributed by atoms with Crippen molar-refractivity contribution >= 4 is 51.7 Å². The number of thiocarbonyl (C=S) groups is 1. The Kier molecular flexibility index (Phi) is 7.12. The van der Waals surface area contributed by atoms with Gasteiger partial charge in [-0.05, 0) is 53.8 Å². The second-order valence-corrected chi connectivity index (χ2v) is 8.39. The zero-order valence-corrected chi connectivity index (χ0v) is 19.3. The Morgan fingerprint density at radius 2 is 1.61 bits per heavy atom. The van der Waals surface area contributed by atoms with Gasteiger partial charge in [-0.3, -0.25) is 14.9 Å². The molecule has 2 N–H and O–H groups in total. The van der Waals surface area contributed by atoms with Crippen LogP contribution < -0.4 is 10.6 Å². The number of likely N-dealkylation sites (N-methyl/N-ethyl adjacent to an activating group) is 1. The summed E-state index contributed by atoms with van der Waals surface area (Å²) in [5.74, 6) is -0.389. The molecule has 0 spiro atoms. The van der Waals surface area contributed by atoms with Crippen LogP contribution in [0.4, 0.5) is 5.69 Å². The minimum atomic E-state index is -0.344. The lowest BCUT2D eigenvalue weighted by Gasteiger charge is -2.32. The Balaban J connectivity index is 1.40. The highest BCUT2D eigenvalue weighted by atomic mass is 32.1. The maximum atomic E-state index is 13.0. The van der Waals surface area contributed by atoms with Crippen molar-refractivity contribution in [3.63, 3.8) is 0 Å². The molecule has 168 valence electrons. The van der Waals surface area contributed by atoms with Crippen molar-refractivity contribution in [1.29, 1.82) is 0 Å². The predicted octanol–water partition coefficient (Wildman–Crippen LogP) is 3.75. The van der Waals surface area contributed by atoms with E-state index >= 15 is 0 Å². The molecule has 0 radical (unpaired) electrons. The van der Waals surface area contributed by atoms with Gasteiger partial charge in [0, 0.05) is 32.3 Å². The Hall–Kier alpha value is -3.55. The zero-order valence-electron chi connectivity index (χ0n) is 18.5. The van der Waals surface area contributed by atoms with Gasteiger partial charge in [0.15, 0.2) is 5.11 Å². The Morgan fingerprint density at radius 1 is 0.909 bits per heavy atom. The van der Waals surface area contributed by atoms with Crippen molar-refractivity contribution in [3.05, 3.63) is 83.9 Å². The number of benzene rings is 3. The highest BCUT2D eigenvalue weighted by molar-refractivity contribution is 7.80. The van der Waals surface area contributed by atoms with Crippen LogP contribution in [-0.4, -0.2) is 60.0 Å². The Morgan fingerprint density at radius 3 is 2.42 bits per heavy atom. The molecule has 1 heterocycles. The number of fused-ring (bicyclic) bond motifs is 1. The lowest BCUT2D eigenvalue weighted by Crippen LogP contribution is -2.47. The maximum Gasteiger partial charge on any atom is 0.256 e. The van der Waals surface area contributed by atoms with E-state index in [9.17, 15) is 9.59 Å². The van der Waals surface area contributed by atoms with E-state index in [2.05, 4.69) is 15.5 Å².